The van der Waals surface area contributed by atoms with Crippen molar-refractivity contribution in [3.63, 3.8) is 0 Å². The van der Waals surface area contributed by atoms with Crippen molar-refractivity contribution < 1.29 is 9.47 Å². The fourth-order valence-electron chi connectivity index (χ4n) is 3.75. The number of benzene rings is 3. The summed E-state index contributed by atoms with van der Waals surface area (Å²) in [4.78, 5) is 0. The molecule has 0 radical (unpaired) electrons. The molecule has 0 bridgehead atoms. The number of hydrogen-bond donors (Lipinski definition) is 0. The van der Waals surface area contributed by atoms with E-state index in [4.69, 9.17) is 9.47 Å². The summed E-state index contributed by atoms with van der Waals surface area (Å²) in [6.07, 6.45) is 2.16. The summed E-state index contributed by atoms with van der Waals surface area (Å²) < 4.78 is 11.9. The third kappa shape index (κ3) is 5.19. The van der Waals surface area contributed by atoms with Crippen LogP contribution in [0.3, 0.4) is 0 Å². The molecule has 0 heterocycles. The number of ether oxygens (including phenoxy) is 2. The molecule has 0 unspecified atom stereocenters. The van der Waals surface area contributed by atoms with Crippen LogP contribution >= 0.6 is 0 Å². The summed E-state index contributed by atoms with van der Waals surface area (Å²) in [6, 6.07) is 23.0. The number of hydrogen-bond acceptors (Lipinski definition) is 2. The van der Waals surface area contributed by atoms with Crippen molar-refractivity contribution in [3.8, 4) is 22.6 Å². The Hall–Kier alpha value is -3.00. The van der Waals surface area contributed by atoms with Crippen molar-refractivity contribution in [2.75, 3.05) is 13.7 Å². The lowest BCUT2D eigenvalue weighted by Crippen LogP contribution is -2.14. The summed E-state index contributed by atoms with van der Waals surface area (Å²) >= 11 is 0. The molecule has 0 spiro atoms. The number of para-hydroxylation sites is 2. The monoisotopic (exact) mass is 414 g/mol. The van der Waals surface area contributed by atoms with Crippen molar-refractivity contribution in [1.82, 2.24) is 0 Å². The molecule has 2 nitrogen and oxygen atoms in total. The molecule has 0 aliphatic rings. The molecule has 3 rings (SSSR count). The minimum absolute atomic E-state index is 0.00380. The van der Waals surface area contributed by atoms with E-state index in [1.807, 2.05) is 24.3 Å². The minimum Gasteiger partial charge on any atom is -0.496 e. The zero-order valence-corrected chi connectivity index (χ0v) is 19.5. The molecule has 2 heteroatoms. The van der Waals surface area contributed by atoms with Crippen molar-refractivity contribution in [2.24, 2.45) is 0 Å². The van der Waals surface area contributed by atoms with Crippen LogP contribution in [0.5, 0.6) is 11.5 Å². The molecule has 0 saturated carbocycles. The van der Waals surface area contributed by atoms with Crippen molar-refractivity contribution in [1.29, 1.82) is 0 Å². The number of unbranched alkanes of at least 4 members (excludes halogenated alkanes) is 1. The van der Waals surface area contributed by atoms with E-state index in [0.29, 0.717) is 0 Å². The fraction of sp³-hybridized carbons (Fsp3) is 0.310. The average molecular weight is 415 g/mol. The van der Waals surface area contributed by atoms with Crippen LogP contribution < -0.4 is 9.47 Å². The maximum atomic E-state index is 6.37. The summed E-state index contributed by atoms with van der Waals surface area (Å²) in [7, 11) is 1.69. The van der Waals surface area contributed by atoms with Gasteiger partial charge >= 0.3 is 0 Å². The van der Waals surface area contributed by atoms with Gasteiger partial charge in [-0.1, -0.05) is 95.3 Å². The summed E-state index contributed by atoms with van der Waals surface area (Å²) in [5.74, 6) is 1.82. The van der Waals surface area contributed by atoms with E-state index in [2.05, 4.69) is 76.7 Å². The van der Waals surface area contributed by atoms with Gasteiger partial charge < -0.3 is 9.47 Å². The van der Waals surface area contributed by atoms with Crippen LogP contribution in [0.1, 0.15) is 57.2 Å². The molecule has 0 saturated heterocycles. The second kappa shape index (κ2) is 9.87. The van der Waals surface area contributed by atoms with Gasteiger partial charge in [-0.3, -0.25) is 0 Å². The molecule has 3 aromatic carbocycles. The van der Waals surface area contributed by atoms with Crippen molar-refractivity contribution >= 4 is 5.57 Å². The molecule has 0 aromatic heterocycles. The van der Waals surface area contributed by atoms with E-state index < -0.39 is 0 Å². The van der Waals surface area contributed by atoms with E-state index in [0.717, 1.165) is 58.8 Å². The third-order valence-corrected chi connectivity index (χ3v) is 5.52. The highest BCUT2D eigenvalue weighted by atomic mass is 16.5. The first-order valence-corrected chi connectivity index (χ1v) is 11.1. The second-order valence-electron chi connectivity index (χ2n) is 8.89. The maximum absolute atomic E-state index is 6.37. The molecule has 0 fully saturated rings. The van der Waals surface area contributed by atoms with Crippen LogP contribution in [0.25, 0.3) is 16.7 Å². The Morgan fingerprint density at radius 3 is 2.39 bits per heavy atom. The van der Waals surface area contributed by atoms with Crippen LogP contribution in [-0.2, 0) is 5.41 Å². The lowest BCUT2D eigenvalue weighted by molar-refractivity contribution is 0.302. The average Bonchev–Trinajstić information content (AvgIpc) is 2.78. The predicted molar refractivity (Wildman–Crippen MR) is 132 cm³/mol. The van der Waals surface area contributed by atoms with E-state index in [1.54, 1.807) is 7.11 Å². The normalized spacial score (nSPS) is 11.3. The minimum atomic E-state index is -0.00380. The molecule has 31 heavy (non-hydrogen) atoms. The highest BCUT2D eigenvalue weighted by molar-refractivity contribution is 5.84. The third-order valence-electron chi connectivity index (χ3n) is 5.52. The number of rotatable bonds is 8. The van der Waals surface area contributed by atoms with Crippen LogP contribution in [0.2, 0.25) is 0 Å². The Bertz CT molecular complexity index is 1040. The zero-order valence-electron chi connectivity index (χ0n) is 19.5. The Labute approximate surface area is 187 Å². The van der Waals surface area contributed by atoms with Crippen molar-refractivity contribution in [3.05, 3.63) is 90.0 Å². The molecule has 0 aliphatic carbocycles. The molecule has 0 N–H and O–H groups in total. The SMILES string of the molecule is C=C(c1cccc(-c2cccc(C(C)(C)C)c2OCCCC)c1)c1ccccc1OC. The lowest BCUT2D eigenvalue weighted by Gasteiger charge is -2.25. The standard InChI is InChI=1S/C29H34O2/c1-7-8-19-31-28-25(16-12-17-26(28)29(3,4)5)23-14-11-13-22(20-23)21(2)24-15-9-10-18-27(24)30-6/h9-18,20H,2,7-8,19H2,1,3-6H3. The molecule has 3 aromatic rings. The lowest BCUT2D eigenvalue weighted by atomic mass is 9.84. The van der Waals surface area contributed by atoms with Crippen LogP contribution in [0.4, 0.5) is 0 Å². The first-order valence-electron chi connectivity index (χ1n) is 11.1. The second-order valence-corrected chi connectivity index (χ2v) is 8.89. The van der Waals surface area contributed by atoms with Gasteiger partial charge in [0.2, 0.25) is 0 Å². The topological polar surface area (TPSA) is 18.5 Å². The van der Waals surface area contributed by atoms with Gasteiger partial charge in [0.15, 0.2) is 0 Å². The predicted octanol–water partition coefficient (Wildman–Crippen LogP) is 7.90. The fourth-order valence-corrected chi connectivity index (χ4v) is 3.75. The zero-order chi connectivity index (χ0) is 22.4. The van der Waals surface area contributed by atoms with Gasteiger partial charge in [-0.05, 0) is 40.7 Å². The Morgan fingerprint density at radius 1 is 0.935 bits per heavy atom. The maximum Gasteiger partial charge on any atom is 0.130 e. The summed E-state index contributed by atoms with van der Waals surface area (Å²) in [5, 5.41) is 0. The van der Waals surface area contributed by atoms with E-state index in [9.17, 15) is 0 Å². The van der Waals surface area contributed by atoms with E-state index in [-0.39, 0.29) is 5.41 Å². The van der Waals surface area contributed by atoms with E-state index >= 15 is 0 Å². The molecule has 0 aliphatic heterocycles. The Kier molecular flexibility index (Phi) is 7.22. The summed E-state index contributed by atoms with van der Waals surface area (Å²) in [6.45, 7) is 14.0. The Balaban J connectivity index is 2.07. The van der Waals surface area contributed by atoms with Crippen LogP contribution in [0, 0.1) is 0 Å². The van der Waals surface area contributed by atoms with Gasteiger partial charge in [0.1, 0.15) is 11.5 Å². The quantitative estimate of drug-likeness (QED) is 0.349. The molecular weight excluding hydrogens is 380 g/mol. The van der Waals surface area contributed by atoms with Gasteiger partial charge in [-0.15, -0.1) is 0 Å². The molecular formula is C29H34O2. The van der Waals surface area contributed by atoms with Gasteiger partial charge in [-0.25, -0.2) is 0 Å². The molecule has 0 amide bonds. The first-order chi connectivity index (χ1) is 14.9. The van der Waals surface area contributed by atoms with Gasteiger partial charge in [0, 0.05) is 16.7 Å². The molecule has 162 valence electrons. The largest absolute Gasteiger partial charge is 0.496 e. The van der Waals surface area contributed by atoms with Gasteiger partial charge in [-0.2, -0.15) is 0 Å². The number of methoxy groups -OCH3 is 1. The highest BCUT2D eigenvalue weighted by Crippen LogP contribution is 2.40. The Morgan fingerprint density at radius 2 is 1.68 bits per heavy atom. The van der Waals surface area contributed by atoms with E-state index in [1.165, 1.54) is 5.56 Å². The smallest absolute Gasteiger partial charge is 0.130 e. The van der Waals surface area contributed by atoms with Gasteiger partial charge in [0.05, 0.1) is 13.7 Å². The first kappa shape index (κ1) is 22.7. The van der Waals surface area contributed by atoms with Crippen LogP contribution in [-0.4, -0.2) is 13.7 Å². The van der Waals surface area contributed by atoms with Crippen molar-refractivity contribution in [2.45, 2.75) is 46.0 Å². The highest BCUT2D eigenvalue weighted by Gasteiger charge is 2.22. The summed E-state index contributed by atoms with van der Waals surface area (Å²) in [5.41, 5.74) is 6.50. The molecule has 0 atom stereocenters. The van der Waals surface area contributed by atoms with Crippen LogP contribution in [0.15, 0.2) is 73.3 Å². The van der Waals surface area contributed by atoms with Gasteiger partial charge in [0.25, 0.3) is 0 Å².